The molecule has 0 unspecified atom stereocenters. The van der Waals surface area contributed by atoms with Crippen molar-refractivity contribution in [1.29, 1.82) is 0 Å². The van der Waals surface area contributed by atoms with Crippen LogP contribution in [0.3, 0.4) is 0 Å². The Morgan fingerprint density at radius 1 is 1.47 bits per heavy atom. The van der Waals surface area contributed by atoms with Crippen LogP contribution in [0.2, 0.25) is 0 Å². The van der Waals surface area contributed by atoms with Crippen molar-refractivity contribution in [1.82, 2.24) is 20.0 Å². The maximum absolute atomic E-state index is 11.7. The van der Waals surface area contributed by atoms with Crippen LogP contribution < -0.4 is 5.32 Å². The largest absolute Gasteiger partial charge is 0.308 e. The minimum absolute atomic E-state index is 0.0122. The first-order valence-electron chi connectivity index (χ1n) is 6.02. The highest BCUT2D eigenvalue weighted by Gasteiger charge is 2.30. The molecule has 2 N–H and O–H groups in total. The number of aromatic nitrogens is 4. The molecule has 0 saturated carbocycles. The lowest BCUT2D eigenvalue weighted by atomic mass is 10.1. The van der Waals surface area contributed by atoms with Gasteiger partial charge in [0.1, 0.15) is 0 Å². The molecule has 1 amide bonds. The van der Waals surface area contributed by atoms with Crippen LogP contribution in [-0.2, 0) is 11.8 Å². The quantitative estimate of drug-likeness (QED) is 0.829. The lowest BCUT2D eigenvalue weighted by Crippen LogP contribution is -2.12. The fourth-order valence-corrected chi connectivity index (χ4v) is 3.64. The summed E-state index contributed by atoms with van der Waals surface area (Å²) in [4.78, 5) is 11.7. The Balaban J connectivity index is 2.13. The van der Waals surface area contributed by atoms with Gasteiger partial charge in [-0.15, -0.1) is 11.8 Å². The number of carbonyl (C=O) groups is 1. The molecule has 1 aliphatic heterocycles. The molecule has 2 aromatic heterocycles. The topological polar surface area (TPSA) is 75.6 Å². The van der Waals surface area contributed by atoms with Crippen molar-refractivity contribution >= 4 is 23.5 Å². The lowest BCUT2D eigenvalue weighted by molar-refractivity contribution is -0.113. The van der Waals surface area contributed by atoms with Crippen LogP contribution in [0.1, 0.15) is 27.8 Å². The Labute approximate surface area is 115 Å². The van der Waals surface area contributed by atoms with E-state index in [4.69, 9.17) is 0 Å². The van der Waals surface area contributed by atoms with E-state index in [0.717, 1.165) is 22.5 Å². The summed E-state index contributed by atoms with van der Waals surface area (Å²) in [6, 6.07) is 0. The van der Waals surface area contributed by atoms with Gasteiger partial charge in [-0.3, -0.25) is 14.6 Å². The van der Waals surface area contributed by atoms with Crippen LogP contribution in [0.5, 0.6) is 0 Å². The molecular weight excluding hydrogens is 262 g/mol. The van der Waals surface area contributed by atoms with Gasteiger partial charge in [0, 0.05) is 30.1 Å². The summed E-state index contributed by atoms with van der Waals surface area (Å²) < 4.78 is 1.81. The van der Waals surface area contributed by atoms with E-state index in [1.54, 1.807) is 16.4 Å². The number of fused-ring (bicyclic) bond motifs is 1. The van der Waals surface area contributed by atoms with Crippen LogP contribution in [-0.4, -0.2) is 31.6 Å². The van der Waals surface area contributed by atoms with E-state index in [1.807, 2.05) is 27.1 Å². The summed E-state index contributed by atoms with van der Waals surface area (Å²) in [6.45, 7) is 3.97. The summed E-state index contributed by atoms with van der Waals surface area (Å²) in [6.07, 6.45) is 2.01. The number of aryl methyl sites for hydroxylation is 3. The van der Waals surface area contributed by atoms with E-state index >= 15 is 0 Å². The molecule has 0 saturated heterocycles. The number of thioether (sulfide) groups is 1. The highest BCUT2D eigenvalue weighted by molar-refractivity contribution is 8.00. The minimum Gasteiger partial charge on any atom is -0.308 e. The summed E-state index contributed by atoms with van der Waals surface area (Å²) >= 11 is 1.61. The Bertz CT molecular complexity index is 645. The fraction of sp³-hybridized carbons (Fsp3) is 0.417. The first-order valence-corrected chi connectivity index (χ1v) is 7.07. The standard InChI is InChI=1S/C12H15N5OS/c1-6-8(4-17(3)16-6)11-10-7(2)14-15-12(10)13-9(18)5-19-11/h4,11H,5H2,1-3H3,(H2,13,14,15,18)/t11-/m0/s1. The maximum atomic E-state index is 11.7. The first kappa shape index (κ1) is 12.3. The zero-order chi connectivity index (χ0) is 13.6. The summed E-state index contributed by atoms with van der Waals surface area (Å²) in [5.41, 5.74) is 4.15. The van der Waals surface area contributed by atoms with Crippen molar-refractivity contribution in [2.45, 2.75) is 19.1 Å². The molecule has 6 nitrogen and oxygen atoms in total. The van der Waals surface area contributed by atoms with E-state index in [1.165, 1.54) is 0 Å². The molecule has 100 valence electrons. The van der Waals surface area contributed by atoms with Crippen molar-refractivity contribution in [2.75, 3.05) is 11.1 Å². The molecule has 1 aliphatic rings. The van der Waals surface area contributed by atoms with Gasteiger partial charge in [0.25, 0.3) is 0 Å². The molecule has 0 radical (unpaired) electrons. The van der Waals surface area contributed by atoms with Crippen molar-refractivity contribution in [3.8, 4) is 0 Å². The molecular formula is C12H15N5OS. The number of rotatable bonds is 1. The molecule has 19 heavy (non-hydrogen) atoms. The molecule has 1 atom stereocenters. The number of nitrogens with zero attached hydrogens (tertiary/aromatic N) is 3. The monoisotopic (exact) mass is 277 g/mol. The van der Waals surface area contributed by atoms with E-state index < -0.39 is 0 Å². The number of hydrogen-bond acceptors (Lipinski definition) is 4. The predicted octanol–water partition coefficient (Wildman–Crippen LogP) is 1.53. The first-order chi connectivity index (χ1) is 9.06. The van der Waals surface area contributed by atoms with Crippen LogP contribution in [0.4, 0.5) is 5.82 Å². The minimum atomic E-state index is -0.0122. The molecule has 3 heterocycles. The van der Waals surface area contributed by atoms with Crippen molar-refractivity contribution in [2.24, 2.45) is 7.05 Å². The second-order valence-electron chi connectivity index (χ2n) is 4.69. The van der Waals surface area contributed by atoms with Gasteiger partial charge < -0.3 is 5.32 Å². The molecule has 3 rings (SSSR count). The average Bonchev–Trinajstić information content (AvgIpc) is 2.80. The Hall–Kier alpha value is -1.76. The van der Waals surface area contributed by atoms with E-state index in [2.05, 4.69) is 20.6 Å². The number of H-pyrrole nitrogens is 1. The number of carbonyl (C=O) groups excluding carboxylic acids is 1. The number of amides is 1. The zero-order valence-corrected chi connectivity index (χ0v) is 11.8. The fourth-order valence-electron chi connectivity index (χ4n) is 2.39. The molecule has 0 aliphatic carbocycles. The Morgan fingerprint density at radius 2 is 2.26 bits per heavy atom. The number of nitrogens with one attached hydrogen (secondary N) is 2. The molecule has 0 fully saturated rings. The van der Waals surface area contributed by atoms with E-state index in [0.29, 0.717) is 11.6 Å². The third kappa shape index (κ3) is 2.03. The highest BCUT2D eigenvalue weighted by atomic mass is 32.2. The lowest BCUT2D eigenvalue weighted by Gasteiger charge is -2.13. The number of aromatic amines is 1. The average molecular weight is 277 g/mol. The number of anilines is 1. The Kier molecular flexibility index (Phi) is 2.85. The van der Waals surface area contributed by atoms with E-state index in [-0.39, 0.29) is 11.2 Å². The van der Waals surface area contributed by atoms with Gasteiger partial charge in [-0.05, 0) is 13.8 Å². The molecule has 0 bridgehead atoms. The molecule has 2 aromatic rings. The van der Waals surface area contributed by atoms with Gasteiger partial charge in [0.05, 0.1) is 16.7 Å². The second-order valence-corrected chi connectivity index (χ2v) is 5.79. The Morgan fingerprint density at radius 3 is 2.95 bits per heavy atom. The molecule has 0 spiro atoms. The summed E-state index contributed by atoms with van der Waals surface area (Å²) in [7, 11) is 1.91. The van der Waals surface area contributed by atoms with Crippen LogP contribution in [0.15, 0.2) is 6.20 Å². The van der Waals surface area contributed by atoms with Crippen LogP contribution in [0.25, 0.3) is 0 Å². The molecule has 7 heteroatoms. The summed E-state index contributed by atoms with van der Waals surface area (Å²) in [5, 5.41) is 14.4. The highest BCUT2D eigenvalue weighted by Crippen LogP contribution is 2.42. The third-order valence-electron chi connectivity index (χ3n) is 3.23. The number of hydrogen-bond donors (Lipinski definition) is 2. The maximum Gasteiger partial charge on any atom is 0.235 e. The van der Waals surface area contributed by atoms with Crippen LogP contribution >= 0.6 is 11.8 Å². The predicted molar refractivity (Wildman–Crippen MR) is 74.2 cm³/mol. The van der Waals surface area contributed by atoms with Gasteiger partial charge in [-0.25, -0.2) is 0 Å². The normalized spacial score (nSPS) is 18.9. The second kappa shape index (κ2) is 4.41. The summed E-state index contributed by atoms with van der Waals surface area (Å²) in [5.74, 6) is 1.05. The third-order valence-corrected chi connectivity index (χ3v) is 4.48. The van der Waals surface area contributed by atoms with Crippen molar-refractivity contribution < 1.29 is 4.79 Å². The smallest absolute Gasteiger partial charge is 0.235 e. The van der Waals surface area contributed by atoms with Crippen molar-refractivity contribution in [3.63, 3.8) is 0 Å². The van der Waals surface area contributed by atoms with Crippen molar-refractivity contribution in [3.05, 3.63) is 28.7 Å². The SMILES string of the molecule is Cc1nn(C)cc1[C@@H]1SCC(=O)Nc2n[nH]c(C)c21. The molecule has 0 aromatic carbocycles. The van der Waals surface area contributed by atoms with Gasteiger partial charge in [-0.2, -0.15) is 10.2 Å². The zero-order valence-electron chi connectivity index (χ0n) is 11.0. The van der Waals surface area contributed by atoms with Gasteiger partial charge in [0.15, 0.2) is 5.82 Å². The van der Waals surface area contributed by atoms with Gasteiger partial charge in [-0.1, -0.05) is 0 Å². The van der Waals surface area contributed by atoms with Crippen LogP contribution in [0, 0.1) is 13.8 Å². The van der Waals surface area contributed by atoms with E-state index in [9.17, 15) is 4.79 Å². The van der Waals surface area contributed by atoms with Gasteiger partial charge in [0.2, 0.25) is 5.91 Å². The van der Waals surface area contributed by atoms with Gasteiger partial charge >= 0.3 is 0 Å².